The second-order valence-electron chi connectivity index (χ2n) is 1.66. The van der Waals surface area contributed by atoms with Crippen molar-refractivity contribution >= 4 is 12.2 Å². The predicted molar refractivity (Wildman–Crippen MR) is 53.5 cm³/mol. The van der Waals surface area contributed by atoms with Gasteiger partial charge >= 0.3 is 0 Å². The Morgan fingerprint density at radius 2 is 1.85 bits per heavy atom. The Morgan fingerprint density at radius 3 is 2.15 bits per heavy atom. The van der Waals surface area contributed by atoms with Gasteiger partial charge in [-0.25, -0.2) is 0 Å². The number of hydrogen-bond donors (Lipinski definition) is 2. The van der Waals surface area contributed by atoms with E-state index in [4.69, 9.17) is 5.11 Å². The zero-order chi connectivity index (χ0) is 11.1. The smallest absolute Gasteiger partial charge is 0.220 e. The van der Waals surface area contributed by atoms with E-state index in [0.29, 0.717) is 19.4 Å². The number of amides is 1. The van der Waals surface area contributed by atoms with Crippen LogP contribution in [-0.2, 0) is 9.59 Å². The maximum Gasteiger partial charge on any atom is 0.220 e. The summed E-state index contributed by atoms with van der Waals surface area (Å²) in [6, 6.07) is 0. The first-order valence-electron chi connectivity index (χ1n) is 4.46. The quantitative estimate of drug-likeness (QED) is 0.644. The largest absolute Gasteiger partial charge is 0.400 e. The van der Waals surface area contributed by atoms with Crippen molar-refractivity contribution in [3.05, 3.63) is 0 Å². The Labute approximate surface area is 80.3 Å². The minimum absolute atomic E-state index is 0.0513. The molecule has 13 heavy (non-hydrogen) atoms. The number of hydrogen-bond acceptors (Lipinski definition) is 3. The van der Waals surface area contributed by atoms with Gasteiger partial charge in [-0.3, -0.25) is 4.79 Å². The lowest BCUT2D eigenvalue weighted by Crippen LogP contribution is -2.22. The Kier molecular flexibility index (Phi) is 31.1. The zero-order valence-corrected chi connectivity index (χ0v) is 8.96. The van der Waals surface area contributed by atoms with Crippen LogP contribution in [0.15, 0.2) is 0 Å². The van der Waals surface area contributed by atoms with Gasteiger partial charge in [-0.15, -0.1) is 0 Å². The van der Waals surface area contributed by atoms with Crippen LogP contribution in [0.4, 0.5) is 0 Å². The summed E-state index contributed by atoms with van der Waals surface area (Å²) in [6.07, 6.45) is 1.39. The molecular formula is C9H21NO3. The second kappa shape index (κ2) is 22.5. The molecule has 0 aromatic carbocycles. The number of carbonyl (C=O) groups excluding carboxylic acids is 2. The van der Waals surface area contributed by atoms with Crippen molar-refractivity contribution in [2.75, 3.05) is 13.7 Å². The normalized spacial score (nSPS) is 6.85. The molecule has 0 bridgehead atoms. The Morgan fingerprint density at radius 1 is 1.38 bits per heavy atom. The molecule has 0 aromatic heterocycles. The van der Waals surface area contributed by atoms with Crippen molar-refractivity contribution in [1.29, 1.82) is 0 Å². The molecule has 1 amide bonds. The van der Waals surface area contributed by atoms with Crippen LogP contribution in [0, 0.1) is 0 Å². The molecule has 0 atom stereocenters. The molecule has 0 heterocycles. The summed E-state index contributed by atoms with van der Waals surface area (Å²) < 4.78 is 0. The van der Waals surface area contributed by atoms with Crippen molar-refractivity contribution in [2.45, 2.75) is 33.6 Å². The molecule has 0 saturated heterocycles. The first-order chi connectivity index (χ1) is 6.31. The fourth-order valence-corrected chi connectivity index (χ4v) is 0.476. The number of aldehydes is 1. The number of aliphatic hydroxyl groups excluding tert-OH is 1. The molecule has 0 radical (unpaired) electrons. The highest BCUT2D eigenvalue weighted by molar-refractivity contribution is 5.77. The molecule has 0 rings (SSSR count). The topological polar surface area (TPSA) is 66.4 Å². The lowest BCUT2D eigenvalue weighted by Gasteiger charge is -1.96. The van der Waals surface area contributed by atoms with Gasteiger partial charge in [0.25, 0.3) is 0 Å². The first kappa shape index (κ1) is 18.0. The number of carbonyl (C=O) groups is 2. The summed E-state index contributed by atoms with van der Waals surface area (Å²) in [5, 5.41) is 9.58. The van der Waals surface area contributed by atoms with E-state index in [2.05, 4.69) is 5.32 Å². The summed E-state index contributed by atoms with van der Waals surface area (Å²) >= 11 is 0. The van der Waals surface area contributed by atoms with Crippen molar-refractivity contribution in [3.63, 3.8) is 0 Å². The van der Waals surface area contributed by atoms with E-state index in [1.807, 2.05) is 20.8 Å². The van der Waals surface area contributed by atoms with Crippen molar-refractivity contribution < 1.29 is 14.7 Å². The van der Waals surface area contributed by atoms with E-state index in [1.165, 1.54) is 0 Å². The van der Waals surface area contributed by atoms with Gasteiger partial charge in [-0.2, -0.15) is 0 Å². The third-order valence-corrected chi connectivity index (χ3v) is 0.863. The first-order valence-corrected chi connectivity index (χ1v) is 4.46. The number of rotatable bonds is 4. The maximum absolute atomic E-state index is 10.5. The van der Waals surface area contributed by atoms with Crippen molar-refractivity contribution in [1.82, 2.24) is 5.32 Å². The monoisotopic (exact) mass is 191 g/mol. The van der Waals surface area contributed by atoms with Gasteiger partial charge in [0.2, 0.25) is 5.91 Å². The fourth-order valence-electron chi connectivity index (χ4n) is 0.476. The average molecular weight is 191 g/mol. The summed E-state index contributed by atoms with van der Waals surface area (Å²) in [5.74, 6) is -0.0513. The van der Waals surface area contributed by atoms with Crippen LogP contribution in [0.25, 0.3) is 0 Å². The second-order valence-corrected chi connectivity index (χ2v) is 1.66. The van der Waals surface area contributed by atoms with Crippen LogP contribution in [-0.4, -0.2) is 31.0 Å². The lowest BCUT2D eigenvalue weighted by atomic mass is 10.3. The summed E-state index contributed by atoms with van der Waals surface area (Å²) in [7, 11) is 1.00. The number of nitrogens with one attached hydrogen (secondary N) is 1. The maximum atomic E-state index is 10.5. The van der Waals surface area contributed by atoms with E-state index < -0.39 is 0 Å². The van der Waals surface area contributed by atoms with Gasteiger partial charge in [-0.1, -0.05) is 13.8 Å². The Hall–Kier alpha value is -0.900. The van der Waals surface area contributed by atoms with Gasteiger partial charge in [0.15, 0.2) is 0 Å². The summed E-state index contributed by atoms with van der Waals surface area (Å²) in [4.78, 5) is 20.3. The molecule has 0 aromatic rings. The van der Waals surface area contributed by atoms with Gasteiger partial charge in [-0.05, 0) is 6.92 Å². The highest BCUT2D eigenvalue weighted by atomic mass is 16.2. The molecule has 0 saturated carbocycles. The highest BCUT2D eigenvalue weighted by Crippen LogP contribution is 1.82. The van der Waals surface area contributed by atoms with Crippen LogP contribution >= 0.6 is 0 Å². The fraction of sp³-hybridized carbons (Fsp3) is 0.778. The molecule has 4 nitrogen and oxygen atoms in total. The standard InChI is InChI=1S/C6H11NO2.C2H6.CH4O/c1-2-7-6(9)4-3-5-8;2*1-2/h5H,2-4H2,1H3,(H,7,9);1-2H3;2H,1H3. The van der Waals surface area contributed by atoms with Crippen LogP contribution < -0.4 is 5.32 Å². The molecule has 0 spiro atoms. The van der Waals surface area contributed by atoms with Crippen LogP contribution in [0.1, 0.15) is 33.6 Å². The molecule has 0 unspecified atom stereocenters. The molecular weight excluding hydrogens is 170 g/mol. The van der Waals surface area contributed by atoms with E-state index >= 15 is 0 Å². The third kappa shape index (κ3) is 24.7. The Balaban J connectivity index is -0.000000218. The minimum atomic E-state index is -0.0513. The lowest BCUT2D eigenvalue weighted by molar-refractivity contribution is -0.122. The van der Waals surface area contributed by atoms with Crippen molar-refractivity contribution in [2.24, 2.45) is 0 Å². The van der Waals surface area contributed by atoms with Gasteiger partial charge in [0.05, 0.1) is 0 Å². The average Bonchev–Trinajstić information content (AvgIpc) is 2.21. The predicted octanol–water partition coefficient (Wildman–Crippen LogP) is 0.736. The molecule has 0 aliphatic rings. The van der Waals surface area contributed by atoms with E-state index in [1.54, 1.807) is 0 Å². The zero-order valence-electron chi connectivity index (χ0n) is 8.96. The summed E-state index contributed by atoms with van der Waals surface area (Å²) in [5.41, 5.74) is 0. The highest BCUT2D eigenvalue weighted by Gasteiger charge is 1.95. The van der Waals surface area contributed by atoms with Crippen LogP contribution in [0.5, 0.6) is 0 Å². The van der Waals surface area contributed by atoms with Gasteiger partial charge < -0.3 is 15.2 Å². The van der Waals surface area contributed by atoms with Crippen LogP contribution in [0.3, 0.4) is 0 Å². The molecule has 2 N–H and O–H groups in total. The van der Waals surface area contributed by atoms with Crippen molar-refractivity contribution in [3.8, 4) is 0 Å². The van der Waals surface area contributed by atoms with E-state index in [9.17, 15) is 9.59 Å². The SMILES string of the molecule is CC.CCNC(=O)CCC=O.CO. The number of aliphatic hydroxyl groups is 1. The molecule has 0 fully saturated rings. The third-order valence-electron chi connectivity index (χ3n) is 0.863. The molecule has 0 aliphatic carbocycles. The molecule has 80 valence electrons. The summed E-state index contributed by atoms with van der Waals surface area (Å²) in [6.45, 7) is 6.48. The molecule has 0 aliphatic heterocycles. The van der Waals surface area contributed by atoms with Gasteiger partial charge in [0, 0.05) is 26.5 Å². The minimum Gasteiger partial charge on any atom is -0.400 e. The van der Waals surface area contributed by atoms with E-state index in [0.717, 1.165) is 13.4 Å². The van der Waals surface area contributed by atoms with E-state index in [-0.39, 0.29) is 5.91 Å². The molecule has 4 heteroatoms. The van der Waals surface area contributed by atoms with Gasteiger partial charge in [0.1, 0.15) is 6.29 Å². The Bertz CT molecular complexity index is 105. The van der Waals surface area contributed by atoms with Crippen LogP contribution in [0.2, 0.25) is 0 Å².